The third kappa shape index (κ3) is 4.35. The standard InChI is InChI=1S/C18H20N2O6/c1-23-13-7-12(8-14(9-13)24-2)18(22)20-19-10-11-5-15(25-3)17(21)16(6-11)26-4/h5-10,21H,1-4H3,(H,20,22)/b19-10-. The van der Waals surface area contributed by atoms with E-state index in [0.717, 1.165) is 0 Å². The van der Waals surface area contributed by atoms with E-state index in [1.54, 1.807) is 30.3 Å². The fourth-order valence-electron chi connectivity index (χ4n) is 2.16. The minimum absolute atomic E-state index is 0.111. The minimum Gasteiger partial charge on any atom is -0.502 e. The van der Waals surface area contributed by atoms with Crippen LogP contribution in [0.3, 0.4) is 0 Å². The van der Waals surface area contributed by atoms with Gasteiger partial charge in [0.15, 0.2) is 11.5 Å². The molecule has 1 amide bonds. The molecule has 0 aliphatic rings. The van der Waals surface area contributed by atoms with Crippen LogP contribution < -0.4 is 24.4 Å². The number of rotatable bonds is 7. The Morgan fingerprint density at radius 1 is 0.923 bits per heavy atom. The number of carbonyl (C=O) groups is 1. The molecule has 138 valence electrons. The van der Waals surface area contributed by atoms with Crippen molar-refractivity contribution in [1.29, 1.82) is 0 Å². The van der Waals surface area contributed by atoms with Gasteiger partial charge < -0.3 is 24.1 Å². The highest BCUT2D eigenvalue weighted by Gasteiger charge is 2.11. The molecule has 0 radical (unpaired) electrons. The van der Waals surface area contributed by atoms with Crippen LogP contribution in [0.5, 0.6) is 28.7 Å². The first-order chi connectivity index (χ1) is 12.5. The predicted octanol–water partition coefficient (Wildman–Crippen LogP) is 2.19. The van der Waals surface area contributed by atoms with E-state index in [1.807, 2.05) is 0 Å². The molecule has 0 aliphatic carbocycles. The topological polar surface area (TPSA) is 98.6 Å². The van der Waals surface area contributed by atoms with Gasteiger partial charge in [-0.15, -0.1) is 0 Å². The lowest BCUT2D eigenvalue weighted by molar-refractivity contribution is 0.0954. The molecule has 0 bridgehead atoms. The van der Waals surface area contributed by atoms with Crippen LogP contribution in [0.4, 0.5) is 0 Å². The molecular weight excluding hydrogens is 340 g/mol. The second kappa shape index (κ2) is 8.61. The van der Waals surface area contributed by atoms with Crippen molar-refractivity contribution < 1.29 is 28.8 Å². The van der Waals surface area contributed by atoms with Crippen molar-refractivity contribution in [2.75, 3.05) is 28.4 Å². The lowest BCUT2D eigenvalue weighted by Gasteiger charge is -2.09. The number of nitrogens with zero attached hydrogens (tertiary/aromatic N) is 1. The highest BCUT2D eigenvalue weighted by atomic mass is 16.5. The lowest BCUT2D eigenvalue weighted by atomic mass is 10.2. The number of amides is 1. The number of ether oxygens (including phenoxy) is 4. The van der Waals surface area contributed by atoms with Gasteiger partial charge in [-0.05, 0) is 24.3 Å². The second-order valence-corrected chi connectivity index (χ2v) is 5.07. The van der Waals surface area contributed by atoms with Crippen LogP contribution in [0.1, 0.15) is 15.9 Å². The van der Waals surface area contributed by atoms with Crippen molar-refractivity contribution >= 4 is 12.1 Å². The summed E-state index contributed by atoms with van der Waals surface area (Å²) in [6, 6.07) is 7.92. The van der Waals surface area contributed by atoms with Gasteiger partial charge in [-0.1, -0.05) is 0 Å². The first kappa shape index (κ1) is 18.9. The van der Waals surface area contributed by atoms with Gasteiger partial charge in [0, 0.05) is 17.2 Å². The molecule has 2 rings (SSSR count). The molecular formula is C18H20N2O6. The van der Waals surface area contributed by atoms with Crippen molar-refractivity contribution in [2.24, 2.45) is 5.10 Å². The third-order valence-electron chi connectivity index (χ3n) is 3.50. The summed E-state index contributed by atoms with van der Waals surface area (Å²) in [7, 11) is 5.85. The van der Waals surface area contributed by atoms with E-state index in [-0.39, 0.29) is 17.2 Å². The van der Waals surface area contributed by atoms with Crippen molar-refractivity contribution in [2.45, 2.75) is 0 Å². The second-order valence-electron chi connectivity index (χ2n) is 5.07. The first-order valence-electron chi connectivity index (χ1n) is 7.53. The molecule has 2 aromatic rings. The molecule has 26 heavy (non-hydrogen) atoms. The normalized spacial score (nSPS) is 10.5. The van der Waals surface area contributed by atoms with Crippen molar-refractivity contribution in [3.05, 3.63) is 41.5 Å². The Labute approximate surface area is 151 Å². The molecule has 2 aromatic carbocycles. The minimum atomic E-state index is -0.434. The SMILES string of the molecule is COc1cc(OC)cc(C(=O)N/N=C\c2cc(OC)c(O)c(OC)c2)c1. The first-order valence-corrected chi connectivity index (χ1v) is 7.53. The van der Waals surface area contributed by atoms with Crippen LogP contribution in [0.25, 0.3) is 0 Å². The summed E-state index contributed by atoms with van der Waals surface area (Å²) in [6.07, 6.45) is 1.40. The molecule has 0 heterocycles. The average molecular weight is 360 g/mol. The summed E-state index contributed by atoms with van der Waals surface area (Å²) in [5, 5.41) is 13.8. The number of phenols is 1. The summed E-state index contributed by atoms with van der Waals surface area (Å²) in [4.78, 5) is 12.2. The highest BCUT2D eigenvalue weighted by Crippen LogP contribution is 2.36. The number of hydrazone groups is 1. The summed E-state index contributed by atoms with van der Waals surface area (Å²) < 4.78 is 20.4. The van der Waals surface area contributed by atoms with Gasteiger partial charge in [-0.2, -0.15) is 5.10 Å². The van der Waals surface area contributed by atoms with Crippen LogP contribution in [0, 0.1) is 0 Å². The third-order valence-corrected chi connectivity index (χ3v) is 3.50. The molecule has 0 aromatic heterocycles. The Hall–Kier alpha value is -3.42. The Morgan fingerprint density at radius 2 is 1.46 bits per heavy atom. The molecule has 2 N–H and O–H groups in total. The Bertz CT molecular complexity index is 772. The molecule has 0 saturated carbocycles. The van der Waals surface area contributed by atoms with Gasteiger partial charge in [0.1, 0.15) is 11.5 Å². The molecule has 0 fully saturated rings. The van der Waals surface area contributed by atoms with Crippen molar-refractivity contribution in [3.8, 4) is 28.7 Å². The zero-order valence-electron chi connectivity index (χ0n) is 14.9. The van der Waals surface area contributed by atoms with Crippen LogP contribution >= 0.6 is 0 Å². The van der Waals surface area contributed by atoms with Gasteiger partial charge in [-0.25, -0.2) is 5.43 Å². The molecule has 0 aliphatic heterocycles. The number of hydrogen-bond donors (Lipinski definition) is 2. The Kier molecular flexibility index (Phi) is 6.26. The van der Waals surface area contributed by atoms with E-state index in [2.05, 4.69) is 10.5 Å². The van der Waals surface area contributed by atoms with Crippen LogP contribution in [0.2, 0.25) is 0 Å². The number of nitrogens with one attached hydrogen (secondary N) is 1. The van der Waals surface area contributed by atoms with E-state index in [9.17, 15) is 9.90 Å². The average Bonchev–Trinajstić information content (AvgIpc) is 2.68. The molecule has 0 unspecified atom stereocenters. The van der Waals surface area contributed by atoms with Crippen LogP contribution in [0.15, 0.2) is 35.4 Å². The van der Waals surface area contributed by atoms with Crippen LogP contribution in [-0.2, 0) is 0 Å². The van der Waals surface area contributed by atoms with Gasteiger partial charge in [-0.3, -0.25) is 4.79 Å². The van der Waals surface area contributed by atoms with Gasteiger partial charge in [0.2, 0.25) is 5.75 Å². The summed E-state index contributed by atoms with van der Waals surface area (Å²) in [6.45, 7) is 0. The fraction of sp³-hybridized carbons (Fsp3) is 0.222. The quantitative estimate of drug-likeness (QED) is 0.580. The molecule has 8 nitrogen and oxygen atoms in total. The number of phenolic OH excluding ortho intramolecular Hbond substituents is 1. The van der Waals surface area contributed by atoms with Crippen LogP contribution in [-0.4, -0.2) is 45.7 Å². The maximum atomic E-state index is 12.2. The lowest BCUT2D eigenvalue weighted by Crippen LogP contribution is -2.17. The van der Waals surface area contributed by atoms with E-state index in [4.69, 9.17) is 18.9 Å². The number of carbonyl (C=O) groups excluding carboxylic acids is 1. The van der Waals surface area contributed by atoms with E-state index < -0.39 is 5.91 Å². The largest absolute Gasteiger partial charge is 0.502 e. The number of hydrogen-bond acceptors (Lipinski definition) is 7. The van der Waals surface area contributed by atoms with Crippen molar-refractivity contribution in [1.82, 2.24) is 5.43 Å². The van der Waals surface area contributed by atoms with Gasteiger partial charge in [0.25, 0.3) is 5.91 Å². The summed E-state index contributed by atoms with van der Waals surface area (Å²) >= 11 is 0. The zero-order chi connectivity index (χ0) is 19.1. The van der Waals surface area contributed by atoms with Gasteiger partial charge in [0.05, 0.1) is 34.7 Å². The Balaban J connectivity index is 2.17. The number of methoxy groups -OCH3 is 4. The van der Waals surface area contributed by atoms with E-state index in [1.165, 1.54) is 34.7 Å². The summed E-state index contributed by atoms with van der Waals surface area (Å²) in [5.74, 6) is 0.901. The monoisotopic (exact) mass is 360 g/mol. The fourth-order valence-corrected chi connectivity index (χ4v) is 2.16. The number of aromatic hydroxyl groups is 1. The van der Waals surface area contributed by atoms with Crippen molar-refractivity contribution in [3.63, 3.8) is 0 Å². The highest BCUT2D eigenvalue weighted by molar-refractivity contribution is 5.95. The molecule has 8 heteroatoms. The zero-order valence-corrected chi connectivity index (χ0v) is 14.9. The predicted molar refractivity (Wildman–Crippen MR) is 95.8 cm³/mol. The smallest absolute Gasteiger partial charge is 0.271 e. The van der Waals surface area contributed by atoms with E-state index in [0.29, 0.717) is 22.6 Å². The molecule has 0 spiro atoms. The van der Waals surface area contributed by atoms with E-state index >= 15 is 0 Å². The van der Waals surface area contributed by atoms with Gasteiger partial charge >= 0.3 is 0 Å². The summed E-state index contributed by atoms with van der Waals surface area (Å²) in [5.41, 5.74) is 3.32. The Morgan fingerprint density at radius 3 is 1.92 bits per heavy atom. The molecule has 0 atom stereocenters. The maximum Gasteiger partial charge on any atom is 0.271 e. The molecule has 0 saturated heterocycles. The number of benzene rings is 2. The maximum absolute atomic E-state index is 12.2.